The molecule has 31 heavy (non-hydrogen) atoms. The minimum atomic E-state index is -0.868. The van der Waals surface area contributed by atoms with Crippen LogP contribution in [0.2, 0.25) is 5.02 Å². The van der Waals surface area contributed by atoms with E-state index in [0.717, 1.165) is 22.5 Å². The molecule has 0 saturated heterocycles. The first kappa shape index (κ1) is 22.7. The van der Waals surface area contributed by atoms with Gasteiger partial charge in [0.25, 0.3) is 0 Å². The summed E-state index contributed by atoms with van der Waals surface area (Å²) in [6.07, 6.45) is 1.40. The summed E-state index contributed by atoms with van der Waals surface area (Å²) in [5, 5.41) is 13.9. The second-order valence-corrected chi connectivity index (χ2v) is 7.76. The zero-order valence-corrected chi connectivity index (χ0v) is 18.2. The number of aromatic nitrogens is 2. The van der Waals surface area contributed by atoms with E-state index in [9.17, 15) is 19.1 Å². The number of halogens is 2. The summed E-state index contributed by atoms with van der Waals surface area (Å²) >= 11 is 5.69. The molecule has 0 radical (unpaired) electrons. The van der Waals surface area contributed by atoms with E-state index in [4.69, 9.17) is 11.6 Å². The van der Waals surface area contributed by atoms with Crippen LogP contribution in [0.4, 0.5) is 4.39 Å². The van der Waals surface area contributed by atoms with Crippen LogP contribution < -0.4 is 0 Å². The van der Waals surface area contributed by atoms with Gasteiger partial charge in [-0.3, -0.25) is 14.3 Å². The van der Waals surface area contributed by atoms with Gasteiger partial charge in [-0.05, 0) is 36.1 Å². The standard InChI is InChI=1S/C24H24ClFN2O3/c1-3-21-18(13-24(30)31)22(4-2)28(27-21)14-15-5-8-17(9-6-15)23(29)12-16-7-10-19(25)20(26)11-16/h5-11H,3-4,12-14H2,1-2H3,(H,30,31). The van der Waals surface area contributed by atoms with Gasteiger partial charge in [-0.2, -0.15) is 5.10 Å². The zero-order chi connectivity index (χ0) is 22.5. The molecule has 0 fully saturated rings. The van der Waals surface area contributed by atoms with E-state index in [-0.39, 0.29) is 23.6 Å². The lowest BCUT2D eigenvalue weighted by molar-refractivity contribution is -0.136. The number of benzene rings is 2. The van der Waals surface area contributed by atoms with Crippen molar-refractivity contribution in [3.05, 3.63) is 86.9 Å². The Balaban J connectivity index is 1.76. The van der Waals surface area contributed by atoms with Crippen LogP contribution >= 0.6 is 11.6 Å². The van der Waals surface area contributed by atoms with Crippen LogP contribution in [0.15, 0.2) is 42.5 Å². The highest BCUT2D eigenvalue weighted by Gasteiger charge is 2.18. The Kier molecular flexibility index (Phi) is 7.23. The average molecular weight is 443 g/mol. The zero-order valence-electron chi connectivity index (χ0n) is 17.5. The molecule has 3 rings (SSSR count). The van der Waals surface area contributed by atoms with Crippen LogP contribution in [0.5, 0.6) is 0 Å². The fourth-order valence-electron chi connectivity index (χ4n) is 3.66. The summed E-state index contributed by atoms with van der Waals surface area (Å²) in [7, 11) is 0. The first-order valence-electron chi connectivity index (χ1n) is 10.2. The van der Waals surface area contributed by atoms with Crippen molar-refractivity contribution in [2.45, 2.75) is 46.1 Å². The van der Waals surface area contributed by atoms with Crippen molar-refractivity contribution in [3.8, 4) is 0 Å². The maximum absolute atomic E-state index is 13.6. The lowest BCUT2D eigenvalue weighted by Crippen LogP contribution is -2.09. The molecule has 0 unspecified atom stereocenters. The number of aryl methyl sites for hydroxylation is 1. The highest BCUT2D eigenvalue weighted by atomic mass is 35.5. The molecule has 162 valence electrons. The molecule has 0 bridgehead atoms. The molecule has 2 aromatic carbocycles. The number of carboxylic acids is 1. The molecule has 7 heteroatoms. The summed E-state index contributed by atoms with van der Waals surface area (Å²) in [6, 6.07) is 11.6. The van der Waals surface area contributed by atoms with Gasteiger partial charge in [0.1, 0.15) is 5.82 Å². The molecule has 3 aromatic rings. The molecule has 0 aliphatic heterocycles. The molecule has 5 nitrogen and oxygen atoms in total. The Morgan fingerprint density at radius 3 is 2.29 bits per heavy atom. The number of nitrogens with zero attached hydrogens (tertiary/aromatic N) is 2. The third-order valence-corrected chi connectivity index (χ3v) is 5.51. The first-order chi connectivity index (χ1) is 14.8. The SMILES string of the molecule is CCc1nn(Cc2ccc(C(=O)Cc3ccc(Cl)c(F)c3)cc2)c(CC)c1CC(=O)O. The molecular weight excluding hydrogens is 419 g/mol. The van der Waals surface area contributed by atoms with Gasteiger partial charge in [-0.1, -0.05) is 55.8 Å². The van der Waals surface area contributed by atoms with Crippen LogP contribution in [-0.4, -0.2) is 26.6 Å². The van der Waals surface area contributed by atoms with Gasteiger partial charge in [0, 0.05) is 23.2 Å². The van der Waals surface area contributed by atoms with Gasteiger partial charge in [0.05, 0.1) is 23.7 Å². The number of carboxylic acid groups (broad SMARTS) is 1. The molecule has 0 saturated carbocycles. The quantitative estimate of drug-likeness (QED) is 0.478. The number of aliphatic carboxylic acids is 1. The lowest BCUT2D eigenvalue weighted by Gasteiger charge is -2.09. The normalized spacial score (nSPS) is 11.0. The van der Waals surface area contributed by atoms with Gasteiger partial charge >= 0.3 is 5.97 Å². The molecule has 0 amide bonds. The van der Waals surface area contributed by atoms with Crippen LogP contribution in [-0.2, 0) is 37.0 Å². The number of carbonyl (C=O) groups excluding carboxylic acids is 1. The van der Waals surface area contributed by atoms with Gasteiger partial charge in [0.15, 0.2) is 5.78 Å². The van der Waals surface area contributed by atoms with Crippen LogP contribution in [0.3, 0.4) is 0 Å². The smallest absolute Gasteiger partial charge is 0.307 e. The Labute approximate surface area is 185 Å². The van der Waals surface area contributed by atoms with E-state index in [1.807, 2.05) is 30.7 Å². The fraction of sp³-hybridized carbons (Fsp3) is 0.292. The van der Waals surface area contributed by atoms with Gasteiger partial charge < -0.3 is 5.11 Å². The summed E-state index contributed by atoms with van der Waals surface area (Å²) in [6.45, 7) is 4.44. The first-order valence-corrected chi connectivity index (χ1v) is 10.5. The van der Waals surface area contributed by atoms with Gasteiger partial charge in [-0.15, -0.1) is 0 Å². The molecular formula is C24H24ClFN2O3. The predicted octanol–water partition coefficient (Wildman–Crippen LogP) is 4.90. The third-order valence-electron chi connectivity index (χ3n) is 5.20. The van der Waals surface area contributed by atoms with E-state index in [1.165, 1.54) is 12.1 Å². The molecule has 1 N–H and O–H groups in total. The van der Waals surface area contributed by atoms with Gasteiger partial charge in [-0.25, -0.2) is 4.39 Å². The maximum atomic E-state index is 13.6. The minimum absolute atomic E-state index is 0.0309. The van der Waals surface area contributed by atoms with Crippen LogP contribution in [0, 0.1) is 5.82 Å². The molecule has 0 spiro atoms. The summed E-state index contributed by atoms with van der Waals surface area (Å²) in [4.78, 5) is 23.8. The molecule has 0 atom stereocenters. The molecule has 1 aromatic heterocycles. The lowest BCUT2D eigenvalue weighted by atomic mass is 10.0. The topological polar surface area (TPSA) is 72.2 Å². The third kappa shape index (κ3) is 5.39. The van der Waals surface area contributed by atoms with Gasteiger partial charge in [0.2, 0.25) is 0 Å². The van der Waals surface area contributed by atoms with Crippen molar-refractivity contribution in [3.63, 3.8) is 0 Å². The molecule has 0 aliphatic carbocycles. The van der Waals surface area contributed by atoms with E-state index in [2.05, 4.69) is 5.10 Å². The Morgan fingerprint density at radius 2 is 1.71 bits per heavy atom. The van der Waals surface area contributed by atoms with Crippen molar-refractivity contribution in [2.24, 2.45) is 0 Å². The van der Waals surface area contributed by atoms with Crippen molar-refractivity contribution >= 4 is 23.4 Å². The number of ketones is 1. The number of hydrogen-bond acceptors (Lipinski definition) is 3. The van der Waals surface area contributed by atoms with Crippen molar-refractivity contribution in [1.82, 2.24) is 9.78 Å². The van der Waals surface area contributed by atoms with Crippen molar-refractivity contribution in [1.29, 1.82) is 0 Å². The maximum Gasteiger partial charge on any atom is 0.307 e. The number of hydrogen-bond donors (Lipinski definition) is 1. The Bertz CT molecular complexity index is 1110. The van der Waals surface area contributed by atoms with Crippen LogP contribution in [0.1, 0.15) is 52.3 Å². The fourth-order valence-corrected chi connectivity index (χ4v) is 3.78. The largest absolute Gasteiger partial charge is 0.481 e. The van der Waals surface area contributed by atoms with E-state index in [1.54, 1.807) is 18.2 Å². The number of rotatable bonds is 9. The van der Waals surface area contributed by atoms with E-state index >= 15 is 0 Å². The summed E-state index contributed by atoms with van der Waals surface area (Å²) < 4.78 is 15.4. The highest BCUT2D eigenvalue weighted by Crippen LogP contribution is 2.20. The Hall–Kier alpha value is -2.99. The second kappa shape index (κ2) is 9.88. The number of carbonyl (C=O) groups is 2. The van der Waals surface area contributed by atoms with Crippen molar-refractivity contribution in [2.75, 3.05) is 0 Å². The Morgan fingerprint density at radius 1 is 1.03 bits per heavy atom. The van der Waals surface area contributed by atoms with E-state index in [0.29, 0.717) is 30.5 Å². The molecule has 1 heterocycles. The minimum Gasteiger partial charge on any atom is -0.481 e. The highest BCUT2D eigenvalue weighted by molar-refractivity contribution is 6.30. The molecule has 0 aliphatic rings. The van der Waals surface area contributed by atoms with Crippen LogP contribution in [0.25, 0.3) is 0 Å². The monoisotopic (exact) mass is 442 g/mol. The summed E-state index contributed by atoms with van der Waals surface area (Å²) in [5.74, 6) is -1.52. The predicted molar refractivity (Wildman–Crippen MR) is 117 cm³/mol. The average Bonchev–Trinajstić information content (AvgIpc) is 3.06. The summed E-state index contributed by atoms with van der Waals surface area (Å²) in [5.41, 5.74) is 4.58. The van der Waals surface area contributed by atoms with Crippen molar-refractivity contribution < 1.29 is 19.1 Å². The number of Topliss-reactive ketones (excluding diaryl/α,β-unsaturated/α-hetero) is 1. The van der Waals surface area contributed by atoms with E-state index < -0.39 is 11.8 Å². The second-order valence-electron chi connectivity index (χ2n) is 7.35.